The van der Waals surface area contributed by atoms with Gasteiger partial charge in [0, 0.05) is 11.5 Å². The Morgan fingerprint density at radius 1 is 1.25 bits per heavy atom. The highest BCUT2D eigenvalue weighted by Crippen LogP contribution is 2.24. The summed E-state index contributed by atoms with van der Waals surface area (Å²) in [6.45, 7) is 3.50. The molecule has 0 bridgehead atoms. The molecule has 0 fully saturated rings. The van der Waals surface area contributed by atoms with Crippen LogP contribution in [0, 0.1) is 5.92 Å². The van der Waals surface area contributed by atoms with Crippen LogP contribution in [-0.2, 0) is 4.79 Å². The van der Waals surface area contributed by atoms with Gasteiger partial charge in [0.25, 0.3) is 5.91 Å². The fourth-order valence-corrected chi connectivity index (χ4v) is 2.00. The van der Waals surface area contributed by atoms with E-state index < -0.39 is 0 Å². The van der Waals surface area contributed by atoms with Gasteiger partial charge in [0.2, 0.25) is 5.91 Å². The molecule has 0 saturated heterocycles. The topological polar surface area (TPSA) is 37.4 Å². The van der Waals surface area contributed by atoms with E-state index in [-0.39, 0.29) is 17.7 Å². The smallest absolute Gasteiger partial charge is 0.266 e. The lowest BCUT2D eigenvalue weighted by molar-refractivity contribution is -0.128. The molecular formula is C12H11NO2S. The first-order chi connectivity index (χ1) is 7.54. The van der Waals surface area contributed by atoms with Crippen LogP contribution in [0.2, 0.25) is 0 Å². The van der Waals surface area contributed by atoms with Gasteiger partial charge in [-0.2, -0.15) is 0 Å². The molecule has 1 aromatic carbocycles. The van der Waals surface area contributed by atoms with Crippen LogP contribution in [0.5, 0.6) is 0 Å². The second kappa shape index (κ2) is 3.79. The molecule has 4 heteroatoms. The van der Waals surface area contributed by atoms with Crippen LogP contribution in [0.3, 0.4) is 0 Å². The van der Waals surface area contributed by atoms with Gasteiger partial charge in [-0.05, 0) is 6.07 Å². The van der Waals surface area contributed by atoms with Crippen molar-refractivity contribution in [3.8, 4) is 0 Å². The quantitative estimate of drug-likeness (QED) is 0.696. The highest BCUT2D eigenvalue weighted by atomic mass is 32.1. The van der Waals surface area contributed by atoms with Gasteiger partial charge >= 0.3 is 0 Å². The molecule has 16 heavy (non-hydrogen) atoms. The Labute approximate surface area is 99.1 Å². The fraction of sp³-hybridized carbons (Fsp3) is 0.250. The van der Waals surface area contributed by atoms with Gasteiger partial charge in [-0.3, -0.25) is 9.59 Å². The number of amides is 2. The summed E-state index contributed by atoms with van der Waals surface area (Å²) in [7, 11) is 0. The van der Waals surface area contributed by atoms with E-state index in [4.69, 9.17) is 12.2 Å². The molecule has 82 valence electrons. The number of thiocarbonyl (C=S) groups is 1. The summed E-state index contributed by atoms with van der Waals surface area (Å²) >= 11 is 5.15. The van der Waals surface area contributed by atoms with Gasteiger partial charge in [0.1, 0.15) is 4.99 Å². The highest BCUT2D eigenvalue weighted by Gasteiger charge is 2.37. The fourth-order valence-electron chi connectivity index (χ4n) is 1.65. The zero-order chi connectivity index (χ0) is 11.9. The van der Waals surface area contributed by atoms with E-state index in [1.165, 1.54) is 0 Å². The first kappa shape index (κ1) is 11.0. The number of fused-ring (bicyclic) bond motifs is 1. The van der Waals surface area contributed by atoms with Crippen molar-refractivity contribution in [1.82, 2.24) is 4.90 Å². The van der Waals surface area contributed by atoms with Gasteiger partial charge in [-0.15, -0.1) is 0 Å². The standard InChI is InChI=1S/C12H11NO2S/c1-7(2)10(14)13-11(15)8-5-3-4-6-9(8)12(13)16/h3-7H,1-2H3. The van der Waals surface area contributed by atoms with Gasteiger partial charge in [-0.25, -0.2) is 4.90 Å². The Morgan fingerprint density at radius 3 is 2.31 bits per heavy atom. The van der Waals surface area contributed by atoms with Crippen LogP contribution in [0.1, 0.15) is 29.8 Å². The number of hydrogen-bond donors (Lipinski definition) is 0. The normalized spacial score (nSPS) is 14.6. The van der Waals surface area contributed by atoms with E-state index in [0.717, 1.165) is 4.90 Å². The Morgan fingerprint density at radius 2 is 1.81 bits per heavy atom. The predicted molar refractivity (Wildman–Crippen MR) is 64.2 cm³/mol. The van der Waals surface area contributed by atoms with E-state index >= 15 is 0 Å². The van der Waals surface area contributed by atoms with Crippen molar-refractivity contribution in [1.29, 1.82) is 0 Å². The third-order valence-electron chi connectivity index (χ3n) is 2.51. The lowest BCUT2D eigenvalue weighted by Crippen LogP contribution is -2.38. The first-order valence-electron chi connectivity index (χ1n) is 5.05. The molecule has 2 rings (SSSR count). The summed E-state index contributed by atoms with van der Waals surface area (Å²) in [5.74, 6) is -0.790. The van der Waals surface area contributed by atoms with Crippen molar-refractivity contribution < 1.29 is 9.59 Å². The molecule has 0 saturated carbocycles. The average molecular weight is 233 g/mol. The molecule has 0 aliphatic carbocycles. The molecule has 2 amide bonds. The minimum atomic E-state index is -0.306. The van der Waals surface area contributed by atoms with Crippen molar-refractivity contribution in [2.45, 2.75) is 13.8 Å². The predicted octanol–water partition coefficient (Wildman–Crippen LogP) is 2.00. The molecular weight excluding hydrogens is 222 g/mol. The molecule has 0 spiro atoms. The average Bonchev–Trinajstić information content (AvgIpc) is 2.52. The number of carbonyl (C=O) groups is 2. The highest BCUT2D eigenvalue weighted by molar-refractivity contribution is 7.80. The first-order valence-corrected chi connectivity index (χ1v) is 5.46. The summed E-state index contributed by atoms with van der Waals surface area (Å²) < 4.78 is 0. The molecule has 1 aliphatic heterocycles. The molecule has 0 aromatic heterocycles. The zero-order valence-electron chi connectivity index (χ0n) is 9.06. The minimum Gasteiger partial charge on any atom is -0.274 e. The number of benzene rings is 1. The number of nitrogens with zero attached hydrogens (tertiary/aromatic N) is 1. The summed E-state index contributed by atoms with van der Waals surface area (Å²) in [4.78, 5) is 25.2. The Kier molecular flexibility index (Phi) is 2.59. The lowest BCUT2D eigenvalue weighted by atomic mass is 10.1. The monoisotopic (exact) mass is 233 g/mol. The maximum absolute atomic E-state index is 12.0. The van der Waals surface area contributed by atoms with Crippen LogP contribution >= 0.6 is 12.2 Å². The molecule has 1 aliphatic rings. The molecule has 0 N–H and O–H groups in total. The molecule has 0 unspecified atom stereocenters. The third-order valence-corrected chi connectivity index (χ3v) is 2.91. The van der Waals surface area contributed by atoms with Crippen molar-refractivity contribution in [2.75, 3.05) is 0 Å². The molecule has 0 radical (unpaired) electrons. The second-order valence-corrected chi connectivity index (χ2v) is 4.37. The lowest BCUT2D eigenvalue weighted by Gasteiger charge is -2.16. The summed E-state index contributed by atoms with van der Waals surface area (Å²) in [6, 6.07) is 7.03. The van der Waals surface area contributed by atoms with Crippen LogP contribution in [0.25, 0.3) is 0 Å². The SMILES string of the molecule is CC(C)C(=O)N1C(=O)c2ccccc2C1=S. The molecule has 1 heterocycles. The largest absolute Gasteiger partial charge is 0.274 e. The van der Waals surface area contributed by atoms with E-state index in [1.807, 2.05) is 6.07 Å². The summed E-state index contributed by atoms with van der Waals surface area (Å²) in [6.07, 6.45) is 0. The number of hydrogen-bond acceptors (Lipinski definition) is 3. The minimum absolute atomic E-state index is 0.240. The molecule has 0 atom stereocenters. The van der Waals surface area contributed by atoms with E-state index in [9.17, 15) is 9.59 Å². The van der Waals surface area contributed by atoms with Crippen LogP contribution in [0.4, 0.5) is 0 Å². The second-order valence-electron chi connectivity index (χ2n) is 3.98. The third kappa shape index (κ3) is 1.46. The number of rotatable bonds is 1. The number of imide groups is 1. The van der Waals surface area contributed by atoms with Crippen molar-refractivity contribution in [3.05, 3.63) is 35.4 Å². The maximum Gasteiger partial charge on any atom is 0.266 e. The van der Waals surface area contributed by atoms with Gasteiger partial charge in [-0.1, -0.05) is 44.3 Å². The van der Waals surface area contributed by atoms with E-state index in [1.54, 1.807) is 32.0 Å². The van der Waals surface area contributed by atoms with Crippen molar-refractivity contribution in [2.24, 2.45) is 5.92 Å². The van der Waals surface area contributed by atoms with E-state index in [0.29, 0.717) is 16.1 Å². The van der Waals surface area contributed by atoms with Gasteiger partial charge < -0.3 is 0 Å². The van der Waals surface area contributed by atoms with Crippen LogP contribution in [-0.4, -0.2) is 21.7 Å². The van der Waals surface area contributed by atoms with Crippen LogP contribution in [0.15, 0.2) is 24.3 Å². The maximum atomic E-state index is 12.0. The molecule has 3 nitrogen and oxygen atoms in total. The zero-order valence-corrected chi connectivity index (χ0v) is 9.88. The van der Waals surface area contributed by atoms with Gasteiger partial charge in [0.15, 0.2) is 0 Å². The van der Waals surface area contributed by atoms with Crippen molar-refractivity contribution in [3.63, 3.8) is 0 Å². The van der Waals surface area contributed by atoms with Crippen molar-refractivity contribution >= 4 is 29.0 Å². The Hall–Kier alpha value is -1.55. The summed E-state index contributed by atoms with van der Waals surface area (Å²) in [5.41, 5.74) is 1.19. The number of carbonyl (C=O) groups excluding carboxylic acids is 2. The van der Waals surface area contributed by atoms with E-state index in [2.05, 4.69) is 0 Å². The van der Waals surface area contributed by atoms with Gasteiger partial charge in [0.05, 0.1) is 5.56 Å². The Balaban J connectivity index is 2.47. The summed E-state index contributed by atoms with van der Waals surface area (Å²) in [5, 5.41) is 0. The molecule has 1 aromatic rings. The Bertz CT molecular complexity index is 459. The van der Waals surface area contributed by atoms with Crippen LogP contribution < -0.4 is 0 Å².